The lowest BCUT2D eigenvalue weighted by molar-refractivity contribution is -0.128. The van der Waals surface area contributed by atoms with E-state index >= 15 is 0 Å². The van der Waals surface area contributed by atoms with Crippen LogP contribution in [0, 0.1) is 11.6 Å². The number of urea groups is 1. The number of morpholine rings is 1. The molecule has 0 bridgehead atoms. The summed E-state index contributed by atoms with van der Waals surface area (Å²) in [6, 6.07) is 9.43. The molecule has 2 aliphatic rings. The third-order valence-electron chi connectivity index (χ3n) is 6.00. The number of hydrogen-bond donors (Lipinski definition) is 2. The van der Waals surface area contributed by atoms with Crippen LogP contribution < -0.4 is 11.1 Å². The Morgan fingerprint density at radius 3 is 2.29 bits per heavy atom. The summed E-state index contributed by atoms with van der Waals surface area (Å²) in [7, 11) is 0. The molecule has 11 heteroatoms. The fraction of sp³-hybridized carbons (Fsp3) is 0.375. The predicted molar refractivity (Wildman–Crippen MR) is 122 cm³/mol. The minimum atomic E-state index is -1.28. The van der Waals surface area contributed by atoms with Crippen LogP contribution in [-0.4, -0.2) is 78.1 Å². The van der Waals surface area contributed by atoms with Gasteiger partial charge in [-0.1, -0.05) is 24.3 Å². The van der Waals surface area contributed by atoms with Crippen LogP contribution in [0.2, 0.25) is 0 Å². The van der Waals surface area contributed by atoms with E-state index < -0.39 is 35.6 Å². The van der Waals surface area contributed by atoms with E-state index in [0.717, 1.165) is 28.2 Å². The first-order valence-corrected chi connectivity index (χ1v) is 11.3. The lowest BCUT2D eigenvalue weighted by Crippen LogP contribution is -2.57. The molecule has 186 valence electrons. The molecular weight excluding hydrogens is 460 g/mol. The Morgan fingerprint density at radius 1 is 0.943 bits per heavy atom. The number of nitrogens with zero attached hydrogens (tertiary/aromatic N) is 3. The first kappa shape index (κ1) is 24.6. The molecule has 2 heterocycles. The van der Waals surface area contributed by atoms with Crippen molar-refractivity contribution in [1.29, 1.82) is 0 Å². The molecule has 1 unspecified atom stereocenters. The highest BCUT2D eigenvalue weighted by Crippen LogP contribution is 2.22. The smallest absolute Gasteiger partial charge is 0.322 e. The summed E-state index contributed by atoms with van der Waals surface area (Å²) in [5, 5.41) is 2.78. The zero-order valence-electron chi connectivity index (χ0n) is 19.1. The van der Waals surface area contributed by atoms with Crippen LogP contribution in [0.1, 0.15) is 21.5 Å². The van der Waals surface area contributed by atoms with Crippen molar-refractivity contribution < 1.29 is 27.9 Å². The van der Waals surface area contributed by atoms with Gasteiger partial charge in [0.2, 0.25) is 0 Å². The molecule has 2 aromatic rings. The second-order valence-corrected chi connectivity index (χ2v) is 8.35. The summed E-state index contributed by atoms with van der Waals surface area (Å²) in [6.45, 7) is 2.10. The molecule has 4 amide bonds. The van der Waals surface area contributed by atoms with Crippen molar-refractivity contribution in [1.82, 2.24) is 20.0 Å². The maximum Gasteiger partial charge on any atom is 0.322 e. The topological polar surface area (TPSA) is 108 Å². The fourth-order valence-corrected chi connectivity index (χ4v) is 4.25. The average molecular weight is 488 g/mol. The van der Waals surface area contributed by atoms with Crippen LogP contribution in [0.5, 0.6) is 0 Å². The van der Waals surface area contributed by atoms with Gasteiger partial charge in [0.05, 0.1) is 13.2 Å². The molecule has 0 radical (unpaired) electrons. The summed E-state index contributed by atoms with van der Waals surface area (Å²) in [4.78, 5) is 43.8. The van der Waals surface area contributed by atoms with Gasteiger partial charge in [0.1, 0.15) is 11.6 Å². The molecular formula is C24H27F2N5O4. The molecule has 3 N–H and O–H groups in total. The fourth-order valence-electron chi connectivity index (χ4n) is 4.25. The normalized spacial score (nSPS) is 18.0. The van der Waals surface area contributed by atoms with E-state index in [2.05, 4.69) is 5.32 Å². The predicted octanol–water partition coefficient (Wildman–Crippen LogP) is 1.28. The molecule has 2 fully saturated rings. The van der Waals surface area contributed by atoms with Gasteiger partial charge in [0, 0.05) is 50.9 Å². The lowest BCUT2D eigenvalue weighted by Gasteiger charge is -2.34. The quantitative estimate of drug-likeness (QED) is 0.661. The maximum absolute atomic E-state index is 13.8. The molecule has 9 nitrogen and oxygen atoms in total. The third-order valence-corrected chi connectivity index (χ3v) is 6.00. The van der Waals surface area contributed by atoms with Crippen molar-refractivity contribution in [2.45, 2.75) is 19.3 Å². The zero-order chi connectivity index (χ0) is 24.9. The summed E-state index contributed by atoms with van der Waals surface area (Å²) < 4.78 is 32.8. The van der Waals surface area contributed by atoms with Crippen molar-refractivity contribution in [2.75, 3.05) is 39.4 Å². The standard InChI is InChI=1S/C24H27F2N5O4/c25-19-11-18(12-20(26)13-19)23(33)30-4-5-31(24(34)29-6-8-35-9-7-29)22(30)21(32)28-15-17-3-1-2-16(10-17)14-27/h1-3,10-13,22H,4-9,14-15,27H2,(H,28,32). The van der Waals surface area contributed by atoms with Crippen LogP contribution in [0.3, 0.4) is 0 Å². The maximum atomic E-state index is 13.8. The second-order valence-electron chi connectivity index (χ2n) is 8.35. The van der Waals surface area contributed by atoms with E-state index in [4.69, 9.17) is 10.5 Å². The van der Waals surface area contributed by atoms with Gasteiger partial charge in [-0.15, -0.1) is 0 Å². The minimum absolute atomic E-state index is 0.0355. The minimum Gasteiger partial charge on any atom is -0.378 e. The van der Waals surface area contributed by atoms with Crippen LogP contribution >= 0.6 is 0 Å². The second kappa shape index (κ2) is 10.8. The first-order valence-electron chi connectivity index (χ1n) is 11.3. The molecule has 0 spiro atoms. The van der Waals surface area contributed by atoms with E-state index in [1.807, 2.05) is 24.3 Å². The highest BCUT2D eigenvalue weighted by Gasteiger charge is 2.44. The van der Waals surface area contributed by atoms with Crippen LogP contribution in [0.15, 0.2) is 42.5 Å². The van der Waals surface area contributed by atoms with Crippen LogP contribution in [0.25, 0.3) is 0 Å². The Labute approximate surface area is 201 Å². The van der Waals surface area contributed by atoms with E-state index in [9.17, 15) is 23.2 Å². The summed E-state index contributed by atoms with van der Waals surface area (Å²) in [6.07, 6.45) is -1.28. The number of halogens is 2. The molecule has 1 atom stereocenters. The monoisotopic (exact) mass is 487 g/mol. The van der Waals surface area contributed by atoms with Crippen LogP contribution in [0.4, 0.5) is 13.6 Å². The third kappa shape index (κ3) is 5.57. The van der Waals surface area contributed by atoms with E-state index in [1.54, 1.807) is 4.90 Å². The number of carbonyl (C=O) groups excluding carboxylic acids is 3. The molecule has 0 aromatic heterocycles. The van der Waals surface area contributed by atoms with Gasteiger partial charge < -0.3 is 25.6 Å². The molecule has 35 heavy (non-hydrogen) atoms. The van der Waals surface area contributed by atoms with Gasteiger partial charge in [0.15, 0.2) is 6.17 Å². The molecule has 2 saturated heterocycles. The van der Waals surface area contributed by atoms with Crippen molar-refractivity contribution in [2.24, 2.45) is 5.73 Å². The largest absolute Gasteiger partial charge is 0.378 e. The van der Waals surface area contributed by atoms with Crippen molar-refractivity contribution in [3.8, 4) is 0 Å². The number of nitrogens with one attached hydrogen (secondary N) is 1. The van der Waals surface area contributed by atoms with E-state index in [0.29, 0.717) is 38.9 Å². The first-order chi connectivity index (χ1) is 16.9. The zero-order valence-corrected chi connectivity index (χ0v) is 19.1. The van der Waals surface area contributed by atoms with Crippen molar-refractivity contribution >= 4 is 17.8 Å². The van der Waals surface area contributed by atoms with Gasteiger partial charge in [-0.05, 0) is 23.3 Å². The van der Waals surface area contributed by atoms with Gasteiger partial charge >= 0.3 is 6.03 Å². The average Bonchev–Trinajstić information content (AvgIpc) is 3.31. The van der Waals surface area contributed by atoms with Crippen LogP contribution in [-0.2, 0) is 22.6 Å². The number of amides is 4. The number of hydrogen-bond acceptors (Lipinski definition) is 5. The molecule has 4 rings (SSSR count). The Kier molecular flexibility index (Phi) is 7.57. The summed E-state index contributed by atoms with van der Waals surface area (Å²) >= 11 is 0. The highest BCUT2D eigenvalue weighted by atomic mass is 19.1. The Balaban J connectivity index is 1.57. The van der Waals surface area contributed by atoms with Gasteiger partial charge in [0.25, 0.3) is 11.8 Å². The summed E-state index contributed by atoms with van der Waals surface area (Å²) in [5.41, 5.74) is 7.14. The number of rotatable bonds is 5. The van der Waals surface area contributed by atoms with E-state index in [1.165, 1.54) is 4.90 Å². The Bertz CT molecular complexity index is 1090. The lowest BCUT2D eigenvalue weighted by atomic mass is 10.1. The van der Waals surface area contributed by atoms with Crippen molar-refractivity contribution in [3.63, 3.8) is 0 Å². The molecule has 0 saturated carbocycles. The number of benzene rings is 2. The Morgan fingerprint density at radius 2 is 1.60 bits per heavy atom. The molecule has 2 aliphatic heterocycles. The van der Waals surface area contributed by atoms with E-state index in [-0.39, 0.29) is 25.2 Å². The molecule has 0 aliphatic carbocycles. The van der Waals surface area contributed by atoms with Gasteiger partial charge in [-0.25, -0.2) is 13.6 Å². The number of nitrogens with two attached hydrogens (primary N) is 1. The molecule has 2 aromatic carbocycles. The number of ether oxygens (including phenoxy) is 1. The highest BCUT2D eigenvalue weighted by molar-refractivity contribution is 5.99. The Hall–Kier alpha value is -3.57. The number of carbonyl (C=O) groups is 3. The van der Waals surface area contributed by atoms with Crippen molar-refractivity contribution in [3.05, 3.63) is 70.8 Å². The van der Waals surface area contributed by atoms with Gasteiger partial charge in [-0.3, -0.25) is 14.5 Å². The summed E-state index contributed by atoms with van der Waals surface area (Å²) in [5.74, 6) is -3.14. The van der Waals surface area contributed by atoms with Gasteiger partial charge in [-0.2, -0.15) is 0 Å². The SMILES string of the molecule is NCc1cccc(CNC(=O)C2N(C(=O)c3cc(F)cc(F)c3)CCN2C(=O)N2CCOCC2)c1.